The van der Waals surface area contributed by atoms with Gasteiger partial charge in [-0.3, -0.25) is 9.59 Å². The number of carbonyl (C=O) groups is 2. The first-order chi connectivity index (χ1) is 26.0. The number of esters is 1. The average Bonchev–Trinajstić information content (AvgIpc) is 3.16. The Kier molecular flexibility index (Phi) is 42.6. The summed E-state index contributed by atoms with van der Waals surface area (Å²) in [7, 11) is 0. The van der Waals surface area contributed by atoms with Crippen LogP contribution in [0, 0.1) is 0 Å². The zero-order valence-electron chi connectivity index (χ0n) is 35.8. The molecule has 2 atom stereocenters. The van der Waals surface area contributed by atoms with Gasteiger partial charge in [0.2, 0.25) is 5.91 Å². The molecule has 0 saturated carbocycles. The molecule has 53 heavy (non-hydrogen) atoms. The minimum absolute atomic E-state index is 0.000785. The van der Waals surface area contributed by atoms with E-state index in [2.05, 4.69) is 19.2 Å². The van der Waals surface area contributed by atoms with Crippen LogP contribution in [0.1, 0.15) is 264 Å². The lowest BCUT2D eigenvalue weighted by atomic mass is 10.0. The topological polar surface area (TPSA) is 95.9 Å². The summed E-state index contributed by atoms with van der Waals surface area (Å²) in [5.41, 5.74) is 0. The molecule has 0 aromatic heterocycles. The first kappa shape index (κ1) is 51.9. The molecule has 0 radical (unpaired) electrons. The van der Waals surface area contributed by atoms with E-state index in [-0.39, 0.29) is 18.5 Å². The first-order valence-electron chi connectivity index (χ1n) is 23.8. The van der Waals surface area contributed by atoms with Gasteiger partial charge in [-0.1, -0.05) is 226 Å². The second-order valence-electron chi connectivity index (χ2n) is 16.5. The molecule has 3 N–H and O–H groups in total. The van der Waals surface area contributed by atoms with Crippen molar-refractivity contribution in [1.82, 2.24) is 5.32 Å². The number of amides is 1. The van der Waals surface area contributed by atoms with E-state index in [1.54, 1.807) is 0 Å². The molecule has 0 aliphatic carbocycles. The summed E-state index contributed by atoms with van der Waals surface area (Å²) in [6.45, 7) is 4.91. The van der Waals surface area contributed by atoms with Gasteiger partial charge in [0.25, 0.3) is 0 Å². The van der Waals surface area contributed by atoms with Gasteiger partial charge in [-0.05, 0) is 25.7 Å². The van der Waals surface area contributed by atoms with Crippen LogP contribution >= 0.6 is 0 Å². The molecule has 0 aliphatic rings. The van der Waals surface area contributed by atoms with Crippen LogP contribution in [-0.4, -0.2) is 47.4 Å². The highest BCUT2D eigenvalue weighted by molar-refractivity contribution is 5.76. The molecule has 0 bridgehead atoms. The summed E-state index contributed by atoms with van der Waals surface area (Å²) in [6, 6.07) is -0.545. The fourth-order valence-corrected chi connectivity index (χ4v) is 7.46. The molecule has 6 heteroatoms. The lowest BCUT2D eigenvalue weighted by Crippen LogP contribution is -2.45. The highest BCUT2D eigenvalue weighted by atomic mass is 16.5. The third-order valence-electron chi connectivity index (χ3n) is 11.2. The zero-order chi connectivity index (χ0) is 38.7. The van der Waals surface area contributed by atoms with Gasteiger partial charge in [0.05, 0.1) is 25.4 Å². The zero-order valence-corrected chi connectivity index (χ0v) is 35.8. The number of nitrogens with one attached hydrogen (secondary N) is 1. The van der Waals surface area contributed by atoms with E-state index in [1.807, 2.05) is 0 Å². The summed E-state index contributed by atoms with van der Waals surface area (Å²) in [5, 5.41) is 23.0. The SMILES string of the molecule is CCCCCCCCCCCCCCCC(=O)OCCCCCCCCCCCCCCCCC(=O)NC(CO)C(O)CCCCCCCCCCC. The van der Waals surface area contributed by atoms with Crippen LogP contribution in [0.2, 0.25) is 0 Å². The fraction of sp³-hybridized carbons (Fsp3) is 0.957. The van der Waals surface area contributed by atoms with Crippen molar-refractivity contribution >= 4 is 11.9 Å². The first-order valence-corrected chi connectivity index (χ1v) is 23.8. The van der Waals surface area contributed by atoms with Gasteiger partial charge >= 0.3 is 5.97 Å². The van der Waals surface area contributed by atoms with E-state index in [0.717, 1.165) is 51.4 Å². The largest absolute Gasteiger partial charge is 0.466 e. The number of ether oxygens (including phenoxy) is 1. The summed E-state index contributed by atoms with van der Waals surface area (Å²) >= 11 is 0. The van der Waals surface area contributed by atoms with Crippen molar-refractivity contribution in [3.63, 3.8) is 0 Å². The van der Waals surface area contributed by atoms with Gasteiger partial charge in [0, 0.05) is 12.8 Å². The Labute approximate surface area is 330 Å². The molecule has 0 rings (SSSR count). The normalized spacial score (nSPS) is 12.6. The minimum atomic E-state index is -0.667. The van der Waals surface area contributed by atoms with E-state index >= 15 is 0 Å². The molecule has 0 saturated heterocycles. The molecule has 0 aromatic rings. The van der Waals surface area contributed by atoms with E-state index in [9.17, 15) is 19.8 Å². The molecule has 6 nitrogen and oxygen atoms in total. The lowest BCUT2D eigenvalue weighted by Gasteiger charge is -2.22. The van der Waals surface area contributed by atoms with Gasteiger partial charge in [0.1, 0.15) is 0 Å². The number of hydrogen-bond donors (Lipinski definition) is 3. The Hall–Kier alpha value is -1.14. The third-order valence-corrected chi connectivity index (χ3v) is 11.2. The highest BCUT2D eigenvalue weighted by Gasteiger charge is 2.20. The van der Waals surface area contributed by atoms with Gasteiger partial charge in [-0.15, -0.1) is 0 Å². The molecule has 0 heterocycles. The summed E-state index contributed by atoms with van der Waals surface area (Å²) in [6.07, 6.45) is 46.3. The number of carbonyl (C=O) groups excluding carboxylic acids is 2. The number of hydrogen-bond acceptors (Lipinski definition) is 5. The molecule has 316 valence electrons. The molecular weight excluding hydrogens is 659 g/mol. The number of unbranched alkanes of at least 4 members (excludes halogenated alkanes) is 33. The van der Waals surface area contributed by atoms with Crippen molar-refractivity contribution in [1.29, 1.82) is 0 Å². The van der Waals surface area contributed by atoms with Gasteiger partial charge in [-0.2, -0.15) is 0 Å². The van der Waals surface area contributed by atoms with Gasteiger partial charge in [0.15, 0.2) is 0 Å². The molecule has 0 aromatic carbocycles. The summed E-state index contributed by atoms with van der Waals surface area (Å²) in [4.78, 5) is 24.4. The lowest BCUT2D eigenvalue weighted by molar-refractivity contribution is -0.143. The molecular formula is C47H93NO5. The van der Waals surface area contributed by atoms with Crippen molar-refractivity contribution in [2.24, 2.45) is 0 Å². The van der Waals surface area contributed by atoms with E-state index in [1.165, 1.54) is 180 Å². The van der Waals surface area contributed by atoms with Gasteiger partial charge in [-0.25, -0.2) is 0 Å². The van der Waals surface area contributed by atoms with Crippen molar-refractivity contribution < 1.29 is 24.5 Å². The minimum Gasteiger partial charge on any atom is -0.466 e. The molecule has 1 amide bonds. The standard InChI is InChI=1S/C47H93NO5/c1-3-5-7-9-11-13-14-17-21-25-29-33-37-41-47(52)53-42-38-34-30-26-22-19-16-15-18-20-24-28-32-36-40-46(51)48-44(43-49)45(50)39-35-31-27-23-12-10-8-6-4-2/h44-45,49-50H,3-43H2,1-2H3,(H,48,51). The predicted octanol–water partition coefficient (Wildman–Crippen LogP) is 13.6. The number of aliphatic hydroxyl groups excluding tert-OH is 2. The van der Waals surface area contributed by atoms with Gasteiger partial charge < -0.3 is 20.3 Å². The molecule has 0 spiro atoms. The van der Waals surface area contributed by atoms with Crippen LogP contribution in [0.3, 0.4) is 0 Å². The van der Waals surface area contributed by atoms with Crippen LogP contribution in [0.4, 0.5) is 0 Å². The maximum absolute atomic E-state index is 12.4. The second kappa shape index (κ2) is 43.6. The monoisotopic (exact) mass is 752 g/mol. The Morgan fingerprint density at radius 1 is 0.453 bits per heavy atom. The van der Waals surface area contributed by atoms with Crippen LogP contribution in [0.15, 0.2) is 0 Å². The summed E-state index contributed by atoms with van der Waals surface area (Å²) in [5.74, 6) is -0.0480. The number of aliphatic hydroxyl groups is 2. The third kappa shape index (κ3) is 40.3. The Morgan fingerprint density at radius 3 is 1.15 bits per heavy atom. The smallest absolute Gasteiger partial charge is 0.305 e. The van der Waals surface area contributed by atoms with Crippen LogP contribution in [0.25, 0.3) is 0 Å². The molecule has 2 unspecified atom stereocenters. The Balaban J connectivity index is 3.40. The van der Waals surface area contributed by atoms with E-state index in [4.69, 9.17) is 4.74 Å². The van der Waals surface area contributed by atoms with Crippen molar-refractivity contribution in [2.75, 3.05) is 13.2 Å². The highest BCUT2D eigenvalue weighted by Crippen LogP contribution is 2.16. The van der Waals surface area contributed by atoms with Crippen molar-refractivity contribution in [3.8, 4) is 0 Å². The predicted molar refractivity (Wildman–Crippen MR) is 227 cm³/mol. The summed E-state index contributed by atoms with van der Waals surface area (Å²) < 4.78 is 5.45. The maximum atomic E-state index is 12.4. The average molecular weight is 752 g/mol. The van der Waals surface area contributed by atoms with E-state index < -0.39 is 12.1 Å². The maximum Gasteiger partial charge on any atom is 0.305 e. The van der Waals surface area contributed by atoms with E-state index in [0.29, 0.717) is 25.9 Å². The van der Waals surface area contributed by atoms with Crippen LogP contribution < -0.4 is 5.32 Å². The van der Waals surface area contributed by atoms with Crippen LogP contribution in [-0.2, 0) is 14.3 Å². The number of rotatable bonds is 44. The molecule has 0 fully saturated rings. The van der Waals surface area contributed by atoms with Crippen molar-refractivity contribution in [2.45, 2.75) is 276 Å². The fourth-order valence-electron chi connectivity index (χ4n) is 7.46. The second-order valence-corrected chi connectivity index (χ2v) is 16.5. The Morgan fingerprint density at radius 2 is 0.774 bits per heavy atom. The van der Waals surface area contributed by atoms with Crippen molar-refractivity contribution in [3.05, 3.63) is 0 Å². The molecule has 0 aliphatic heterocycles. The quantitative estimate of drug-likeness (QED) is 0.0425. The van der Waals surface area contributed by atoms with Crippen LogP contribution in [0.5, 0.6) is 0 Å². The Bertz CT molecular complexity index is 746.